The Morgan fingerprint density at radius 1 is 1.28 bits per heavy atom. The van der Waals surface area contributed by atoms with Crippen LogP contribution in [-0.4, -0.2) is 38.4 Å². The third-order valence-corrected chi connectivity index (χ3v) is 2.69. The summed E-state index contributed by atoms with van der Waals surface area (Å²) in [5, 5.41) is 11.4. The first-order chi connectivity index (χ1) is 8.58. The molecule has 5 heteroatoms. The zero-order valence-electron chi connectivity index (χ0n) is 10.9. The fourth-order valence-electron chi connectivity index (χ4n) is 1.71. The second-order valence-corrected chi connectivity index (χ2v) is 3.95. The first kappa shape index (κ1) is 14.3. The third-order valence-electron chi connectivity index (χ3n) is 2.69. The molecule has 100 valence electrons. The van der Waals surface area contributed by atoms with Gasteiger partial charge in [-0.15, -0.1) is 0 Å². The Morgan fingerprint density at radius 3 is 2.44 bits per heavy atom. The van der Waals surface area contributed by atoms with Gasteiger partial charge in [0.05, 0.1) is 20.8 Å². The highest BCUT2D eigenvalue weighted by molar-refractivity contribution is 5.68. The van der Waals surface area contributed by atoms with E-state index in [0.717, 1.165) is 17.5 Å². The molecule has 5 nitrogen and oxygen atoms in total. The van der Waals surface area contributed by atoms with Crippen LogP contribution < -0.4 is 14.8 Å². The minimum atomic E-state index is -0.848. The van der Waals surface area contributed by atoms with E-state index in [0.29, 0.717) is 18.0 Å². The highest BCUT2D eigenvalue weighted by Crippen LogP contribution is 2.30. The Morgan fingerprint density at radius 2 is 1.89 bits per heavy atom. The number of methoxy groups -OCH3 is 2. The fraction of sp³-hybridized carbons (Fsp3) is 0.462. The van der Waals surface area contributed by atoms with Crippen molar-refractivity contribution in [1.29, 1.82) is 0 Å². The van der Waals surface area contributed by atoms with Crippen molar-refractivity contribution in [1.82, 2.24) is 5.32 Å². The highest BCUT2D eigenvalue weighted by Gasteiger charge is 2.08. The van der Waals surface area contributed by atoms with E-state index >= 15 is 0 Å². The van der Waals surface area contributed by atoms with Gasteiger partial charge in [-0.05, 0) is 43.1 Å². The standard InChI is InChI=1S/C13H19NO4/c1-9-6-11(17-2)12(18-3)7-10(9)4-5-14-8-13(15)16/h6-7,14H,4-5,8H2,1-3H3,(H,15,16). The molecule has 1 rings (SSSR count). The van der Waals surface area contributed by atoms with Gasteiger partial charge in [0, 0.05) is 0 Å². The minimum absolute atomic E-state index is 0.0215. The topological polar surface area (TPSA) is 67.8 Å². The lowest BCUT2D eigenvalue weighted by Crippen LogP contribution is -2.24. The summed E-state index contributed by atoms with van der Waals surface area (Å²) in [5.74, 6) is 0.549. The summed E-state index contributed by atoms with van der Waals surface area (Å²) in [4.78, 5) is 10.4. The first-order valence-corrected chi connectivity index (χ1v) is 5.72. The maximum Gasteiger partial charge on any atom is 0.317 e. The van der Waals surface area contributed by atoms with Gasteiger partial charge in [-0.1, -0.05) is 0 Å². The van der Waals surface area contributed by atoms with Gasteiger partial charge in [0.1, 0.15) is 0 Å². The van der Waals surface area contributed by atoms with Crippen molar-refractivity contribution < 1.29 is 19.4 Å². The monoisotopic (exact) mass is 253 g/mol. The number of benzene rings is 1. The predicted molar refractivity (Wildman–Crippen MR) is 68.5 cm³/mol. The zero-order valence-corrected chi connectivity index (χ0v) is 10.9. The van der Waals surface area contributed by atoms with Crippen LogP contribution in [0.25, 0.3) is 0 Å². The van der Waals surface area contributed by atoms with E-state index in [1.165, 1.54) is 0 Å². The zero-order chi connectivity index (χ0) is 13.5. The minimum Gasteiger partial charge on any atom is -0.493 e. The molecule has 1 aromatic rings. The second kappa shape index (κ2) is 6.86. The molecule has 0 radical (unpaired) electrons. The Bertz CT molecular complexity index is 418. The lowest BCUT2D eigenvalue weighted by molar-refractivity contribution is -0.135. The average molecular weight is 253 g/mol. The maximum atomic E-state index is 10.4. The van der Waals surface area contributed by atoms with Crippen LogP contribution >= 0.6 is 0 Å². The molecule has 2 N–H and O–H groups in total. The largest absolute Gasteiger partial charge is 0.493 e. The van der Waals surface area contributed by atoms with Gasteiger partial charge in [0.2, 0.25) is 0 Å². The SMILES string of the molecule is COc1cc(C)c(CCNCC(=O)O)cc1OC. The van der Waals surface area contributed by atoms with Crippen LogP contribution in [0.3, 0.4) is 0 Å². The molecule has 0 aliphatic carbocycles. The van der Waals surface area contributed by atoms with Gasteiger partial charge < -0.3 is 19.9 Å². The van der Waals surface area contributed by atoms with Crippen molar-refractivity contribution >= 4 is 5.97 Å². The molecule has 1 aromatic carbocycles. The third kappa shape index (κ3) is 3.92. The summed E-state index contributed by atoms with van der Waals surface area (Å²) in [6.45, 7) is 2.59. The molecule has 0 aliphatic heterocycles. The van der Waals surface area contributed by atoms with Crippen LogP contribution in [0.2, 0.25) is 0 Å². The Hall–Kier alpha value is -1.75. The van der Waals surface area contributed by atoms with E-state index in [1.54, 1.807) is 14.2 Å². The van der Waals surface area contributed by atoms with Gasteiger partial charge in [-0.3, -0.25) is 4.79 Å². The molecule has 0 amide bonds. The Kier molecular flexibility index (Phi) is 5.45. The van der Waals surface area contributed by atoms with E-state index in [4.69, 9.17) is 14.6 Å². The summed E-state index contributed by atoms with van der Waals surface area (Å²) in [7, 11) is 3.20. The number of rotatable bonds is 7. The number of hydrogen-bond donors (Lipinski definition) is 2. The number of carbonyl (C=O) groups is 1. The summed E-state index contributed by atoms with van der Waals surface area (Å²) in [6.07, 6.45) is 0.749. The summed E-state index contributed by atoms with van der Waals surface area (Å²) in [6, 6.07) is 3.85. The van der Waals surface area contributed by atoms with E-state index in [1.807, 2.05) is 19.1 Å². The molecule has 0 spiro atoms. The van der Waals surface area contributed by atoms with Crippen molar-refractivity contribution in [2.45, 2.75) is 13.3 Å². The summed E-state index contributed by atoms with van der Waals surface area (Å²) < 4.78 is 10.4. The van der Waals surface area contributed by atoms with Gasteiger partial charge >= 0.3 is 5.97 Å². The number of aliphatic carboxylic acids is 1. The molecule has 0 aliphatic rings. The molecule has 0 saturated heterocycles. The number of carboxylic acids is 1. The average Bonchev–Trinajstić information content (AvgIpc) is 2.35. The fourth-order valence-corrected chi connectivity index (χ4v) is 1.71. The van der Waals surface area contributed by atoms with Crippen molar-refractivity contribution in [3.05, 3.63) is 23.3 Å². The lowest BCUT2D eigenvalue weighted by atomic mass is 10.0. The highest BCUT2D eigenvalue weighted by atomic mass is 16.5. The number of carboxylic acid groups (broad SMARTS) is 1. The maximum absolute atomic E-state index is 10.4. The van der Waals surface area contributed by atoms with E-state index in [-0.39, 0.29) is 6.54 Å². The number of hydrogen-bond acceptors (Lipinski definition) is 4. The number of nitrogens with one attached hydrogen (secondary N) is 1. The van der Waals surface area contributed by atoms with Gasteiger partial charge in [-0.25, -0.2) is 0 Å². The molecule has 18 heavy (non-hydrogen) atoms. The van der Waals surface area contributed by atoms with E-state index < -0.39 is 5.97 Å². The van der Waals surface area contributed by atoms with Gasteiger partial charge in [-0.2, -0.15) is 0 Å². The second-order valence-electron chi connectivity index (χ2n) is 3.95. The quantitative estimate of drug-likeness (QED) is 0.715. The van der Waals surface area contributed by atoms with Crippen molar-refractivity contribution in [2.24, 2.45) is 0 Å². The van der Waals surface area contributed by atoms with Gasteiger partial charge in [0.25, 0.3) is 0 Å². The van der Waals surface area contributed by atoms with Crippen LogP contribution in [0.1, 0.15) is 11.1 Å². The molecule has 0 bridgehead atoms. The van der Waals surface area contributed by atoms with Crippen molar-refractivity contribution in [2.75, 3.05) is 27.3 Å². The Balaban J connectivity index is 2.68. The number of ether oxygens (including phenoxy) is 2. The molecule has 0 aromatic heterocycles. The molecule has 0 saturated carbocycles. The lowest BCUT2D eigenvalue weighted by Gasteiger charge is -2.12. The van der Waals surface area contributed by atoms with Crippen molar-refractivity contribution in [3.63, 3.8) is 0 Å². The van der Waals surface area contributed by atoms with Crippen LogP contribution in [0.5, 0.6) is 11.5 Å². The van der Waals surface area contributed by atoms with Crippen LogP contribution in [0.15, 0.2) is 12.1 Å². The Labute approximate surface area is 107 Å². The molecular weight excluding hydrogens is 234 g/mol. The van der Waals surface area contributed by atoms with Gasteiger partial charge in [0.15, 0.2) is 11.5 Å². The normalized spacial score (nSPS) is 10.2. The summed E-state index contributed by atoms with van der Waals surface area (Å²) >= 11 is 0. The first-order valence-electron chi connectivity index (χ1n) is 5.72. The molecular formula is C13H19NO4. The molecule has 0 heterocycles. The summed E-state index contributed by atoms with van der Waals surface area (Å²) in [5.41, 5.74) is 2.22. The number of aryl methyl sites for hydroxylation is 1. The molecule has 0 unspecified atom stereocenters. The van der Waals surface area contributed by atoms with Crippen LogP contribution in [-0.2, 0) is 11.2 Å². The van der Waals surface area contributed by atoms with Crippen LogP contribution in [0.4, 0.5) is 0 Å². The van der Waals surface area contributed by atoms with Crippen LogP contribution in [0, 0.1) is 6.92 Å². The van der Waals surface area contributed by atoms with E-state index in [9.17, 15) is 4.79 Å². The van der Waals surface area contributed by atoms with E-state index in [2.05, 4.69) is 5.32 Å². The molecule has 0 atom stereocenters. The smallest absolute Gasteiger partial charge is 0.317 e. The van der Waals surface area contributed by atoms with Crippen molar-refractivity contribution in [3.8, 4) is 11.5 Å². The molecule has 0 fully saturated rings. The predicted octanol–water partition coefficient (Wildman–Crippen LogP) is 1.23.